The molecule has 100 valence electrons. The van der Waals surface area contributed by atoms with Crippen LogP contribution in [0.3, 0.4) is 0 Å². The fourth-order valence-electron chi connectivity index (χ4n) is 2.68. The molecule has 0 aromatic heterocycles. The zero-order valence-electron chi connectivity index (χ0n) is 10.9. The molecule has 0 aliphatic carbocycles. The van der Waals surface area contributed by atoms with Gasteiger partial charge in [0, 0.05) is 18.8 Å². The van der Waals surface area contributed by atoms with E-state index in [1.807, 2.05) is 18.2 Å². The molecule has 0 unspecified atom stereocenters. The van der Waals surface area contributed by atoms with Crippen molar-refractivity contribution in [3.63, 3.8) is 0 Å². The molecule has 1 aliphatic rings. The minimum atomic E-state index is 0.584. The SMILES string of the molecule is N#Cc1ccc(N2CCc3c(N)cccc3C2)c(Cl)c1. The summed E-state index contributed by atoms with van der Waals surface area (Å²) in [5, 5.41) is 9.51. The Labute approximate surface area is 123 Å². The molecule has 0 fully saturated rings. The van der Waals surface area contributed by atoms with E-state index in [1.54, 1.807) is 12.1 Å². The lowest BCUT2D eigenvalue weighted by Crippen LogP contribution is -2.31. The van der Waals surface area contributed by atoms with Gasteiger partial charge in [-0.3, -0.25) is 0 Å². The molecule has 0 saturated carbocycles. The molecule has 20 heavy (non-hydrogen) atoms. The summed E-state index contributed by atoms with van der Waals surface area (Å²) in [5.74, 6) is 0. The van der Waals surface area contributed by atoms with Crippen molar-refractivity contribution in [2.75, 3.05) is 17.2 Å². The van der Waals surface area contributed by atoms with Crippen LogP contribution in [-0.2, 0) is 13.0 Å². The summed E-state index contributed by atoms with van der Waals surface area (Å²) in [6.45, 7) is 1.68. The van der Waals surface area contributed by atoms with Crippen LogP contribution in [0.2, 0.25) is 5.02 Å². The molecule has 0 saturated heterocycles. The predicted molar refractivity (Wildman–Crippen MR) is 81.8 cm³/mol. The number of rotatable bonds is 1. The molecule has 4 heteroatoms. The van der Waals surface area contributed by atoms with Crippen LogP contribution < -0.4 is 10.6 Å². The summed E-state index contributed by atoms with van der Waals surface area (Å²) in [7, 11) is 0. The number of benzene rings is 2. The highest BCUT2D eigenvalue weighted by Gasteiger charge is 2.19. The third-order valence-electron chi connectivity index (χ3n) is 3.72. The van der Waals surface area contributed by atoms with Gasteiger partial charge in [0.1, 0.15) is 0 Å². The molecule has 2 aromatic rings. The van der Waals surface area contributed by atoms with Crippen LogP contribution in [0.15, 0.2) is 36.4 Å². The van der Waals surface area contributed by atoms with Gasteiger partial charge in [0.2, 0.25) is 0 Å². The second-order valence-corrected chi connectivity index (χ2v) is 5.34. The summed E-state index contributed by atoms with van der Waals surface area (Å²) in [4.78, 5) is 2.23. The standard InChI is InChI=1S/C16H14ClN3/c17-14-8-11(9-18)4-5-16(14)20-7-6-13-12(10-20)2-1-3-15(13)19/h1-5,8H,6-7,10,19H2. The van der Waals surface area contributed by atoms with Crippen LogP contribution in [0.4, 0.5) is 11.4 Å². The summed E-state index contributed by atoms with van der Waals surface area (Å²) in [6.07, 6.45) is 0.915. The number of nitrogens with zero attached hydrogens (tertiary/aromatic N) is 2. The Morgan fingerprint density at radius 1 is 1.25 bits per heavy atom. The number of hydrogen-bond donors (Lipinski definition) is 1. The first-order valence-electron chi connectivity index (χ1n) is 6.50. The van der Waals surface area contributed by atoms with Crippen LogP contribution in [-0.4, -0.2) is 6.54 Å². The highest BCUT2D eigenvalue weighted by Crippen LogP contribution is 2.32. The molecule has 2 N–H and O–H groups in total. The molecular weight excluding hydrogens is 270 g/mol. The molecule has 0 atom stereocenters. The smallest absolute Gasteiger partial charge is 0.0992 e. The van der Waals surface area contributed by atoms with E-state index in [1.165, 1.54) is 11.1 Å². The van der Waals surface area contributed by atoms with E-state index in [4.69, 9.17) is 22.6 Å². The fraction of sp³-hybridized carbons (Fsp3) is 0.188. The first-order valence-corrected chi connectivity index (χ1v) is 6.87. The van der Waals surface area contributed by atoms with Gasteiger partial charge in [0.05, 0.1) is 22.3 Å². The third kappa shape index (κ3) is 2.19. The van der Waals surface area contributed by atoms with E-state index in [9.17, 15) is 0 Å². The zero-order chi connectivity index (χ0) is 14.1. The van der Waals surface area contributed by atoms with Gasteiger partial charge < -0.3 is 10.6 Å². The average molecular weight is 284 g/mol. The van der Waals surface area contributed by atoms with Crippen LogP contribution in [0.25, 0.3) is 0 Å². The number of nitrogen functional groups attached to an aromatic ring is 1. The molecule has 0 amide bonds. The Morgan fingerprint density at radius 2 is 2.10 bits per heavy atom. The second kappa shape index (κ2) is 5.07. The van der Waals surface area contributed by atoms with E-state index in [-0.39, 0.29) is 0 Å². The van der Waals surface area contributed by atoms with E-state index >= 15 is 0 Å². The molecule has 1 heterocycles. The Hall–Kier alpha value is -2.18. The molecule has 2 aromatic carbocycles. The molecule has 0 radical (unpaired) electrons. The second-order valence-electron chi connectivity index (χ2n) is 4.93. The van der Waals surface area contributed by atoms with Gasteiger partial charge in [0.25, 0.3) is 0 Å². The van der Waals surface area contributed by atoms with Crippen molar-refractivity contribution >= 4 is 23.0 Å². The topological polar surface area (TPSA) is 53.0 Å². The van der Waals surface area contributed by atoms with Gasteiger partial charge in [-0.1, -0.05) is 23.7 Å². The van der Waals surface area contributed by atoms with Crippen molar-refractivity contribution in [2.24, 2.45) is 0 Å². The first kappa shape index (κ1) is 12.8. The Balaban J connectivity index is 1.93. The van der Waals surface area contributed by atoms with E-state index in [0.717, 1.165) is 30.9 Å². The summed E-state index contributed by atoms with van der Waals surface area (Å²) in [5.41, 5.74) is 10.9. The Bertz CT molecular complexity index is 703. The summed E-state index contributed by atoms with van der Waals surface area (Å²) < 4.78 is 0. The van der Waals surface area contributed by atoms with Gasteiger partial charge in [-0.05, 0) is 41.8 Å². The minimum Gasteiger partial charge on any atom is -0.398 e. The summed E-state index contributed by atoms with van der Waals surface area (Å²) >= 11 is 6.28. The monoisotopic (exact) mass is 283 g/mol. The molecule has 0 bridgehead atoms. The van der Waals surface area contributed by atoms with Gasteiger partial charge >= 0.3 is 0 Å². The lowest BCUT2D eigenvalue weighted by molar-refractivity contribution is 0.733. The third-order valence-corrected chi connectivity index (χ3v) is 4.02. The van der Waals surface area contributed by atoms with Gasteiger partial charge in [-0.15, -0.1) is 0 Å². The average Bonchev–Trinajstić information content (AvgIpc) is 2.47. The van der Waals surface area contributed by atoms with Crippen LogP contribution in [0.5, 0.6) is 0 Å². The van der Waals surface area contributed by atoms with E-state index < -0.39 is 0 Å². The van der Waals surface area contributed by atoms with Crippen LogP contribution in [0, 0.1) is 11.3 Å². The highest BCUT2D eigenvalue weighted by molar-refractivity contribution is 6.33. The maximum Gasteiger partial charge on any atom is 0.0992 e. The maximum absolute atomic E-state index is 8.89. The van der Waals surface area contributed by atoms with Gasteiger partial charge in [-0.25, -0.2) is 0 Å². The molecule has 3 nitrogen and oxygen atoms in total. The zero-order valence-corrected chi connectivity index (χ0v) is 11.7. The van der Waals surface area contributed by atoms with Gasteiger partial charge in [0.15, 0.2) is 0 Å². The molecule has 1 aliphatic heterocycles. The fourth-order valence-corrected chi connectivity index (χ4v) is 2.98. The van der Waals surface area contributed by atoms with Crippen molar-refractivity contribution in [2.45, 2.75) is 13.0 Å². The van der Waals surface area contributed by atoms with Gasteiger partial charge in [-0.2, -0.15) is 5.26 Å². The Kier molecular flexibility index (Phi) is 3.25. The molecule has 3 rings (SSSR count). The molecule has 0 spiro atoms. The highest BCUT2D eigenvalue weighted by atomic mass is 35.5. The first-order chi connectivity index (χ1) is 9.69. The van der Waals surface area contributed by atoms with Crippen molar-refractivity contribution in [1.29, 1.82) is 5.26 Å². The van der Waals surface area contributed by atoms with Crippen LogP contribution in [0.1, 0.15) is 16.7 Å². The number of halogens is 1. The maximum atomic E-state index is 8.89. The van der Waals surface area contributed by atoms with Crippen molar-refractivity contribution in [3.8, 4) is 6.07 Å². The van der Waals surface area contributed by atoms with Crippen molar-refractivity contribution in [1.82, 2.24) is 0 Å². The Morgan fingerprint density at radius 3 is 2.85 bits per heavy atom. The number of nitriles is 1. The van der Waals surface area contributed by atoms with Crippen molar-refractivity contribution in [3.05, 3.63) is 58.1 Å². The molecular formula is C16H14ClN3. The van der Waals surface area contributed by atoms with Crippen LogP contribution >= 0.6 is 11.6 Å². The quantitative estimate of drug-likeness (QED) is 0.817. The summed E-state index contributed by atoms with van der Waals surface area (Å²) in [6, 6.07) is 13.6. The number of hydrogen-bond acceptors (Lipinski definition) is 3. The lowest BCUT2D eigenvalue weighted by atomic mass is 9.97. The lowest BCUT2D eigenvalue weighted by Gasteiger charge is -2.32. The number of nitrogens with two attached hydrogens (primary N) is 1. The number of anilines is 2. The van der Waals surface area contributed by atoms with Crippen molar-refractivity contribution < 1.29 is 0 Å². The minimum absolute atomic E-state index is 0.584. The number of fused-ring (bicyclic) bond motifs is 1. The van der Waals surface area contributed by atoms with E-state index in [2.05, 4.69) is 17.0 Å². The largest absolute Gasteiger partial charge is 0.398 e. The normalized spacial score (nSPS) is 13.7. The predicted octanol–water partition coefficient (Wildman–Crippen LogP) is 3.36. The van der Waals surface area contributed by atoms with E-state index in [0.29, 0.717) is 10.6 Å².